The van der Waals surface area contributed by atoms with Crippen LogP contribution in [0.25, 0.3) is 11.3 Å². The summed E-state index contributed by atoms with van der Waals surface area (Å²) in [7, 11) is 0. The molecule has 4 heteroatoms. The highest BCUT2D eigenvalue weighted by Crippen LogP contribution is 2.32. The van der Waals surface area contributed by atoms with Crippen LogP contribution in [0.1, 0.15) is 49.9 Å². The molecule has 2 aliphatic heterocycles. The molecule has 0 bridgehead atoms. The molecule has 4 rings (SSSR count). The van der Waals surface area contributed by atoms with Crippen LogP contribution in [0.2, 0.25) is 0 Å². The van der Waals surface area contributed by atoms with Crippen molar-refractivity contribution in [3.8, 4) is 11.3 Å². The summed E-state index contributed by atoms with van der Waals surface area (Å²) >= 11 is 0. The lowest BCUT2D eigenvalue weighted by atomic mass is 9.97. The molecule has 2 aliphatic rings. The highest BCUT2D eigenvalue weighted by Gasteiger charge is 2.29. The minimum atomic E-state index is 0.506. The number of aryl methyl sites for hydroxylation is 1. The van der Waals surface area contributed by atoms with E-state index < -0.39 is 0 Å². The van der Waals surface area contributed by atoms with Crippen LogP contribution in [0, 0.1) is 6.92 Å². The molecule has 2 aromatic rings. The molecule has 0 radical (unpaired) electrons. The van der Waals surface area contributed by atoms with Gasteiger partial charge in [-0.05, 0) is 53.0 Å². The predicted molar refractivity (Wildman–Crippen MR) is 108 cm³/mol. The van der Waals surface area contributed by atoms with Gasteiger partial charge >= 0.3 is 0 Å². The maximum absolute atomic E-state index is 5.14. The Balaban J connectivity index is 1.84. The largest absolute Gasteiger partial charge is 0.335 e. The summed E-state index contributed by atoms with van der Waals surface area (Å²) in [5.74, 6) is 0.931. The van der Waals surface area contributed by atoms with Gasteiger partial charge in [0.25, 0.3) is 0 Å². The first kappa shape index (κ1) is 17.5. The van der Waals surface area contributed by atoms with Crippen LogP contribution in [0.5, 0.6) is 0 Å². The van der Waals surface area contributed by atoms with E-state index in [1.807, 2.05) is 0 Å². The molecular weight excluding hydrogens is 320 g/mol. The molecule has 1 aromatic heterocycles. The number of anilines is 1. The first-order valence-electron chi connectivity index (χ1n) is 10.1. The molecule has 1 saturated heterocycles. The number of nitrogens with one attached hydrogen (secondary N) is 1. The first-order chi connectivity index (χ1) is 12.6. The van der Waals surface area contributed by atoms with Crippen molar-refractivity contribution in [2.45, 2.75) is 65.0 Å². The Hall–Kier alpha value is -1.94. The van der Waals surface area contributed by atoms with Gasteiger partial charge < -0.3 is 10.2 Å². The van der Waals surface area contributed by atoms with Gasteiger partial charge in [0.15, 0.2) is 0 Å². The van der Waals surface area contributed by atoms with E-state index in [0.717, 1.165) is 37.6 Å². The number of nitrogens with zero attached hydrogens (tertiary/aromatic N) is 3. The third kappa shape index (κ3) is 3.35. The van der Waals surface area contributed by atoms with Crippen LogP contribution in [-0.2, 0) is 12.8 Å². The summed E-state index contributed by atoms with van der Waals surface area (Å²) < 4.78 is 0. The Labute approximate surface area is 157 Å². The molecule has 26 heavy (non-hydrogen) atoms. The molecule has 1 N–H and O–H groups in total. The number of aromatic nitrogens is 2. The Kier molecular flexibility index (Phi) is 4.94. The van der Waals surface area contributed by atoms with Gasteiger partial charge in [0.2, 0.25) is 5.95 Å². The maximum atomic E-state index is 5.14. The van der Waals surface area contributed by atoms with Crippen molar-refractivity contribution in [3.05, 3.63) is 41.1 Å². The van der Waals surface area contributed by atoms with E-state index in [9.17, 15) is 0 Å². The van der Waals surface area contributed by atoms with E-state index in [0.29, 0.717) is 12.1 Å². The number of rotatable bonds is 2. The van der Waals surface area contributed by atoms with E-state index in [2.05, 4.69) is 55.3 Å². The quantitative estimate of drug-likeness (QED) is 0.892. The highest BCUT2D eigenvalue weighted by molar-refractivity contribution is 5.66. The topological polar surface area (TPSA) is 41.1 Å². The molecule has 138 valence electrons. The predicted octanol–water partition coefficient (Wildman–Crippen LogP) is 3.91. The summed E-state index contributed by atoms with van der Waals surface area (Å²) in [5, 5.41) is 3.52. The van der Waals surface area contributed by atoms with E-state index >= 15 is 0 Å². The zero-order valence-corrected chi connectivity index (χ0v) is 16.3. The molecule has 0 aliphatic carbocycles. The number of piperidine rings is 1. The molecular formula is C22H30N4. The third-order valence-electron chi connectivity index (χ3n) is 5.92. The molecule has 2 unspecified atom stereocenters. The Morgan fingerprint density at radius 2 is 1.65 bits per heavy atom. The van der Waals surface area contributed by atoms with Crippen molar-refractivity contribution >= 4 is 5.95 Å². The minimum Gasteiger partial charge on any atom is -0.335 e. The molecule has 0 saturated carbocycles. The molecule has 2 atom stereocenters. The molecule has 4 nitrogen and oxygen atoms in total. The first-order valence-corrected chi connectivity index (χ1v) is 10.1. The van der Waals surface area contributed by atoms with E-state index in [-0.39, 0.29) is 0 Å². The monoisotopic (exact) mass is 350 g/mol. The molecule has 1 fully saturated rings. The van der Waals surface area contributed by atoms with Gasteiger partial charge in [-0.15, -0.1) is 0 Å². The average Bonchev–Trinajstić information content (AvgIpc) is 2.87. The Morgan fingerprint density at radius 3 is 2.38 bits per heavy atom. The lowest BCUT2D eigenvalue weighted by Crippen LogP contribution is -2.45. The number of benzene rings is 1. The molecule has 0 spiro atoms. The fraction of sp³-hybridized carbons (Fsp3) is 0.545. The van der Waals surface area contributed by atoms with Crippen molar-refractivity contribution in [2.24, 2.45) is 0 Å². The van der Waals surface area contributed by atoms with Crippen LogP contribution < -0.4 is 10.2 Å². The van der Waals surface area contributed by atoms with E-state index in [1.165, 1.54) is 41.6 Å². The van der Waals surface area contributed by atoms with Crippen molar-refractivity contribution in [1.82, 2.24) is 15.3 Å². The molecule has 0 amide bonds. The number of fused-ring (bicyclic) bond motifs is 1. The zero-order chi connectivity index (χ0) is 18.1. The Morgan fingerprint density at radius 1 is 0.962 bits per heavy atom. The van der Waals surface area contributed by atoms with Crippen LogP contribution in [-0.4, -0.2) is 35.1 Å². The highest BCUT2D eigenvalue weighted by atomic mass is 15.3. The second-order valence-electron chi connectivity index (χ2n) is 7.95. The summed E-state index contributed by atoms with van der Waals surface area (Å²) in [4.78, 5) is 12.7. The van der Waals surface area contributed by atoms with Crippen molar-refractivity contribution < 1.29 is 0 Å². The van der Waals surface area contributed by atoms with E-state index in [1.54, 1.807) is 0 Å². The maximum Gasteiger partial charge on any atom is 0.226 e. The van der Waals surface area contributed by atoms with Crippen molar-refractivity contribution in [1.29, 1.82) is 0 Å². The molecule has 3 heterocycles. The summed E-state index contributed by atoms with van der Waals surface area (Å²) in [6.45, 7) is 8.78. The number of hydrogen-bond acceptors (Lipinski definition) is 4. The standard InChI is InChI=1S/C22H30N4/c1-15-7-9-18(10-8-15)21-19-11-13-23-14-12-20(19)24-22(25-21)26-16(2)5-4-6-17(26)3/h7-10,16-17,23H,4-6,11-14H2,1-3H3. The Bertz CT molecular complexity index is 758. The second kappa shape index (κ2) is 7.36. The van der Waals surface area contributed by atoms with Crippen LogP contribution in [0.4, 0.5) is 5.95 Å². The van der Waals surface area contributed by atoms with Crippen LogP contribution in [0.3, 0.4) is 0 Å². The lowest BCUT2D eigenvalue weighted by molar-refractivity contribution is 0.407. The summed E-state index contributed by atoms with van der Waals surface area (Å²) in [5.41, 5.74) is 6.21. The van der Waals surface area contributed by atoms with Crippen LogP contribution in [0.15, 0.2) is 24.3 Å². The van der Waals surface area contributed by atoms with Crippen molar-refractivity contribution in [2.75, 3.05) is 18.0 Å². The van der Waals surface area contributed by atoms with Gasteiger partial charge in [0, 0.05) is 36.2 Å². The zero-order valence-electron chi connectivity index (χ0n) is 16.3. The lowest BCUT2D eigenvalue weighted by Gasteiger charge is -2.39. The number of hydrogen-bond donors (Lipinski definition) is 1. The second-order valence-corrected chi connectivity index (χ2v) is 7.95. The SMILES string of the molecule is Cc1ccc(-c2nc(N3C(C)CCCC3C)nc3c2CCNCC3)cc1. The smallest absolute Gasteiger partial charge is 0.226 e. The molecule has 1 aromatic carbocycles. The van der Waals surface area contributed by atoms with Crippen LogP contribution >= 0.6 is 0 Å². The van der Waals surface area contributed by atoms with E-state index in [4.69, 9.17) is 9.97 Å². The summed E-state index contributed by atoms with van der Waals surface area (Å²) in [6, 6.07) is 9.81. The minimum absolute atomic E-state index is 0.506. The van der Waals surface area contributed by atoms with Gasteiger partial charge in [0.05, 0.1) is 11.4 Å². The fourth-order valence-electron chi connectivity index (χ4n) is 4.41. The summed E-state index contributed by atoms with van der Waals surface area (Å²) in [6.07, 6.45) is 5.75. The normalized spacial score (nSPS) is 23.4. The van der Waals surface area contributed by atoms with Crippen molar-refractivity contribution in [3.63, 3.8) is 0 Å². The van der Waals surface area contributed by atoms with Gasteiger partial charge in [-0.2, -0.15) is 0 Å². The van der Waals surface area contributed by atoms with Gasteiger partial charge in [-0.25, -0.2) is 9.97 Å². The fourth-order valence-corrected chi connectivity index (χ4v) is 4.41. The van der Waals surface area contributed by atoms with Gasteiger partial charge in [-0.1, -0.05) is 29.8 Å². The third-order valence-corrected chi connectivity index (χ3v) is 5.92. The van der Waals surface area contributed by atoms with Gasteiger partial charge in [-0.3, -0.25) is 0 Å². The average molecular weight is 351 g/mol. The van der Waals surface area contributed by atoms with Gasteiger partial charge in [0.1, 0.15) is 0 Å².